The number of nitrogens with two attached hydrogens (primary N) is 1. The molecule has 0 amide bonds. The second kappa shape index (κ2) is 3.85. The summed E-state index contributed by atoms with van der Waals surface area (Å²) in [6.07, 6.45) is 2.81. The van der Waals surface area contributed by atoms with Crippen molar-refractivity contribution in [2.45, 2.75) is 12.5 Å². The Morgan fingerprint density at radius 1 is 1.53 bits per heavy atom. The number of nitrogen functional groups attached to an aromatic ring is 1. The summed E-state index contributed by atoms with van der Waals surface area (Å²) in [6.45, 7) is 1.95. The number of aromatic nitrogens is 4. The van der Waals surface area contributed by atoms with Crippen molar-refractivity contribution < 1.29 is 4.74 Å². The Morgan fingerprint density at radius 3 is 3.18 bits per heavy atom. The number of hydrogen-bond donors (Lipinski definition) is 2. The first-order chi connectivity index (χ1) is 8.22. The van der Waals surface area contributed by atoms with E-state index >= 15 is 0 Å². The number of nitrogens with one attached hydrogen (secondary N) is 1. The van der Waals surface area contributed by atoms with E-state index in [1.54, 1.807) is 6.20 Å². The summed E-state index contributed by atoms with van der Waals surface area (Å²) in [7, 11) is 2.07. The van der Waals surface area contributed by atoms with Crippen LogP contribution in [0.4, 0.5) is 5.95 Å². The summed E-state index contributed by atoms with van der Waals surface area (Å²) in [5.41, 5.74) is 6.24. The zero-order chi connectivity index (χ0) is 11.8. The van der Waals surface area contributed by atoms with Crippen LogP contribution in [0.2, 0.25) is 0 Å². The predicted molar refractivity (Wildman–Crippen MR) is 62.6 cm³/mol. The van der Waals surface area contributed by atoms with Crippen LogP contribution in [0.25, 0.3) is 11.0 Å². The molecule has 1 saturated heterocycles. The molecular weight excluding hydrogens is 220 g/mol. The number of anilines is 1. The van der Waals surface area contributed by atoms with Gasteiger partial charge in [0.05, 0.1) is 6.20 Å². The highest BCUT2D eigenvalue weighted by atomic mass is 16.5. The first kappa shape index (κ1) is 10.3. The smallest absolute Gasteiger partial charge is 0.229 e. The molecule has 3 N–H and O–H groups in total. The van der Waals surface area contributed by atoms with Crippen molar-refractivity contribution in [2.24, 2.45) is 0 Å². The molecule has 2 aromatic rings. The van der Waals surface area contributed by atoms with E-state index in [0.29, 0.717) is 11.5 Å². The van der Waals surface area contributed by atoms with Crippen molar-refractivity contribution >= 4 is 17.0 Å². The maximum Gasteiger partial charge on any atom is 0.229 e. The maximum atomic E-state index is 5.87. The van der Waals surface area contributed by atoms with E-state index in [4.69, 9.17) is 10.5 Å². The molecule has 0 aromatic carbocycles. The lowest BCUT2D eigenvalue weighted by Gasteiger charge is -2.13. The summed E-state index contributed by atoms with van der Waals surface area (Å²) < 4.78 is 5.87. The standard InChI is InChI=1S/C10H14N6O/c1-16-3-2-6(5-16)17-9-7-4-12-15-8(7)13-10(11)14-9/h4,6H,2-3,5H2,1H3,(H3,11,12,13,14,15). The molecule has 3 heterocycles. The van der Waals surface area contributed by atoms with Gasteiger partial charge in [-0.15, -0.1) is 0 Å². The van der Waals surface area contributed by atoms with Crippen LogP contribution < -0.4 is 10.5 Å². The molecule has 0 saturated carbocycles. The molecule has 90 valence electrons. The SMILES string of the molecule is CN1CCC(Oc2nc(N)nc3[nH]ncc23)C1. The molecule has 7 nitrogen and oxygen atoms in total. The van der Waals surface area contributed by atoms with Crippen molar-refractivity contribution in [3.63, 3.8) is 0 Å². The summed E-state index contributed by atoms with van der Waals surface area (Å²) in [6, 6.07) is 0. The highest BCUT2D eigenvalue weighted by Gasteiger charge is 2.22. The van der Waals surface area contributed by atoms with Gasteiger partial charge in [0, 0.05) is 13.1 Å². The van der Waals surface area contributed by atoms with Gasteiger partial charge in [0.2, 0.25) is 11.8 Å². The molecule has 1 atom stereocenters. The first-order valence-electron chi connectivity index (χ1n) is 5.54. The molecular formula is C10H14N6O. The number of H-pyrrole nitrogens is 1. The molecule has 0 aliphatic carbocycles. The van der Waals surface area contributed by atoms with Crippen LogP contribution in [-0.2, 0) is 0 Å². The minimum absolute atomic E-state index is 0.160. The average molecular weight is 234 g/mol. The summed E-state index contributed by atoms with van der Waals surface area (Å²) in [4.78, 5) is 10.4. The largest absolute Gasteiger partial charge is 0.472 e. The monoisotopic (exact) mass is 234 g/mol. The van der Waals surface area contributed by atoms with Crippen LogP contribution in [0, 0.1) is 0 Å². The van der Waals surface area contributed by atoms with Crippen molar-refractivity contribution in [2.75, 3.05) is 25.9 Å². The number of fused-ring (bicyclic) bond motifs is 1. The zero-order valence-corrected chi connectivity index (χ0v) is 9.55. The molecule has 7 heteroatoms. The van der Waals surface area contributed by atoms with Crippen molar-refractivity contribution in [1.82, 2.24) is 25.1 Å². The Kier molecular flexibility index (Phi) is 2.32. The van der Waals surface area contributed by atoms with Gasteiger partial charge in [-0.25, -0.2) is 0 Å². The molecule has 0 bridgehead atoms. The van der Waals surface area contributed by atoms with E-state index < -0.39 is 0 Å². The Hall–Kier alpha value is -1.89. The molecule has 1 aliphatic rings. The van der Waals surface area contributed by atoms with Crippen molar-refractivity contribution in [3.05, 3.63) is 6.20 Å². The second-order valence-electron chi connectivity index (χ2n) is 4.31. The molecule has 3 rings (SSSR count). The third-order valence-corrected chi connectivity index (χ3v) is 2.92. The highest BCUT2D eigenvalue weighted by molar-refractivity contribution is 5.80. The van der Waals surface area contributed by atoms with Crippen LogP contribution >= 0.6 is 0 Å². The Morgan fingerprint density at radius 2 is 2.41 bits per heavy atom. The van der Waals surface area contributed by atoms with Gasteiger partial charge >= 0.3 is 0 Å². The summed E-state index contributed by atoms with van der Waals surface area (Å²) >= 11 is 0. The van der Waals surface area contributed by atoms with Crippen LogP contribution in [0.3, 0.4) is 0 Å². The average Bonchev–Trinajstić information content (AvgIpc) is 2.87. The van der Waals surface area contributed by atoms with Crippen molar-refractivity contribution in [1.29, 1.82) is 0 Å². The van der Waals surface area contributed by atoms with Gasteiger partial charge in [0.25, 0.3) is 0 Å². The number of rotatable bonds is 2. The number of hydrogen-bond acceptors (Lipinski definition) is 6. The Labute approximate surface area is 98.0 Å². The van der Waals surface area contributed by atoms with Gasteiger partial charge in [0.1, 0.15) is 11.5 Å². The summed E-state index contributed by atoms with van der Waals surface area (Å²) in [5, 5.41) is 7.45. The number of nitrogens with zero attached hydrogens (tertiary/aromatic N) is 4. The van der Waals surface area contributed by atoms with Crippen LogP contribution in [0.5, 0.6) is 5.88 Å². The van der Waals surface area contributed by atoms with E-state index in [1.807, 2.05) is 0 Å². The van der Waals surface area contributed by atoms with Gasteiger partial charge < -0.3 is 15.4 Å². The lowest BCUT2D eigenvalue weighted by Crippen LogP contribution is -2.22. The Balaban J connectivity index is 1.91. The van der Waals surface area contributed by atoms with E-state index in [-0.39, 0.29) is 12.1 Å². The molecule has 1 unspecified atom stereocenters. The normalized spacial score (nSPS) is 21.1. The molecule has 0 radical (unpaired) electrons. The Bertz CT molecular complexity index is 539. The molecule has 2 aromatic heterocycles. The van der Waals surface area contributed by atoms with Gasteiger partial charge in [-0.05, 0) is 13.5 Å². The third kappa shape index (κ3) is 1.89. The first-order valence-corrected chi connectivity index (χ1v) is 5.54. The minimum Gasteiger partial charge on any atom is -0.472 e. The van der Waals surface area contributed by atoms with E-state index in [1.165, 1.54) is 0 Å². The van der Waals surface area contributed by atoms with E-state index in [0.717, 1.165) is 24.9 Å². The lowest BCUT2D eigenvalue weighted by atomic mass is 10.3. The topological polar surface area (TPSA) is 93.0 Å². The van der Waals surface area contributed by atoms with Crippen LogP contribution in [0.1, 0.15) is 6.42 Å². The van der Waals surface area contributed by atoms with Crippen molar-refractivity contribution in [3.8, 4) is 5.88 Å². The minimum atomic E-state index is 0.160. The lowest BCUT2D eigenvalue weighted by molar-refractivity contribution is 0.203. The van der Waals surface area contributed by atoms with Gasteiger partial charge in [-0.2, -0.15) is 15.1 Å². The molecule has 1 fully saturated rings. The highest BCUT2D eigenvalue weighted by Crippen LogP contribution is 2.24. The molecule has 1 aliphatic heterocycles. The van der Waals surface area contributed by atoms with Gasteiger partial charge in [0.15, 0.2) is 5.65 Å². The van der Waals surface area contributed by atoms with Crippen LogP contribution in [0.15, 0.2) is 6.20 Å². The number of likely N-dealkylation sites (tertiary alicyclic amines) is 1. The van der Waals surface area contributed by atoms with Gasteiger partial charge in [-0.1, -0.05) is 0 Å². The van der Waals surface area contributed by atoms with E-state index in [9.17, 15) is 0 Å². The number of likely N-dealkylation sites (N-methyl/N-ethyl adjacent to an activating group) is 1. The zero-order valence-electron chi connectivity index (χ0n) is 9.55. The molecule has 17 heavy (non-hydrogen) atoms. The third-order valence-electron chi connectivity index (χ3n) is 2.92. The summed E-state index contributed by atoms with van der Waals surface area (Å²) in [5.74, 6) is 0.713. The fraction of sp³-hybridized carbons (Fsp3) is 0.500. The quantitative estimate of drug-likeness (QED) is 0.760. The fourth-order valence-corrected chi connectivity index (χ4v) is 2.06. The number of aromatic amines is 1. The maximum absolute atomic E-state index is 5.87. The van der Waals surface area contributed by atoms with Crippen LogP contribution in [-0.4, -0.2) is 51.3 Å². The fourth-order valence-electron chi connectivity index (χ4n) is 2.06. The molecule has 0 spiro atoms. The van der Waals surface area contributed by atoms with Gasteiger partial charge in [-0.3, -0.25) is 5.10 Å². The number of ether oxygens (including phenoxy) is 1. The van der Waals surface area contributed by atoms with E-state index in [2.05, 4.69) is 32.1 Å². The predicted octanol–water partition coefficient (Wildman–Crippen LogP) is 0.0180. The second-order valence-corrected chi connectivity index (χ2v) is 4.31.